The van der Waals surface area contributed by atoms with E-state index >= 15 is 0 Å². The van der Waals surface area contributed by atoms with Crippen LogP contribution in [-0.2, 0) is 35.1 Å². The van der Waals surface area contributed by atoms with Gasteiger partial charge in [0.25, 0.3) is 5.91 Å². The Morgan fingerprint density at radius 1 is 1.30 bits per heavy atom. The number of carbonyl (C=O) groups is 2. The molecule has 0 spiro atoms. The van der Waals surface area contributed by atoms with Crippen LogP contribution in [0.2, 0.25) is 0 Å². The molecule has 0 aliphatic carbocycles. The molecular weight excluding hydrogens is 350 g/mol. The monoisotopic (exact) mass is 379 g/mol. The van der Waals surface area contributed by atoms with E-state index in [-0.39, 0.29) is 18.6 Å². The summed E-state index contributed by atoms with van der Waals surface area (Å²) in [5.41, 5.74) is 1.12. The second-order valence-corrected chi connectivity index (χ2v) is 6.46. The molecule has 1 heterocycles. The SMILES string of the molecule is CC(OCC1CCCO1)C(=O)OCC(=O)NCCCOCc1ccccc1. The van der Waals surface area contributed by atoms with Gasteiger partial charge in [-0.25, -0.2) is 4.79 Å². The van der Waals surface area contributed by atoms with Crippen LogP contribution < -0.4 is 5.32 Å². The molecular formula is C20H29NO6. The average Bonchev–Trinajstić information content (AvgIpc) is 3.21. The van der Waals surface area contributed by atoms with E-state index in [0.717, 1.165) is 25.0 Å². The first kappa shape index (κ1) is 21.3. The van der Waals surface area contributed by atoms with Crippen molar-refractivity contribution >= 4 is 11.9 Å². The first-order chi connectivity index (χ1) is 13.1. The van der Waals surface area contributed by atoms with Crippen LogP contribution >= 0.6 is 0 Å². The number of esters is 1. The third-order valence-electron chi connectivity index (χ3n) is 4.13. The van der Waals surface area contributed by atoms with Crippen molar-refractivity contribution in [3.05, 3.63) is 35.9 Å². The second kappa shape index (κ2) is 12.4. The number of carbonyl (C=O) groups excluding carboxylic acids is 2. The Hall–Kier alpha value is -1.96. The van der Waals surface area contributed by atoms with E-state index in [1.807, 2.05) is 30.3 Å². The molecule has 7 nitrogen and oxygen atoms in total. The van der Waals surface area contributed by atoms with Gasteiger partial charge in [0.1, 0.15) is 0 Å². The lowest BCUT2D eigenvalue weighted by atomic mass is 10.2. The van der Waals surface area contributed by atoms with Gasteiger partial charge in [0.15, 0.2) is 12.7 Å². The van der Waals surface area contributed by atoms with E-state index in [4.69, 9.17) is 18.9 Å². The number of amides is 1. The fourth-order valence-corrected chi connectivity index (χ4v) is 2.57. The summed E-state index contributed by atoms with van der Waals surface area (Å²) < 4.78 is 21.4. The quantitative estimate of drug-likeness (QED) is 0.441. The molecule has 1 aromatic carbocycles. The highest BCUT2D eigenvalue weighted by Gasteiger charge is 2.21. The largest absolute Gasteiger partial charge is 0.454 e. The minimum absolute atomic E-state index is 0.0488. The number of ether oxygens (including phenoxy) is 4. The second-order valence-electron chi connectivity index (χ2n) is 6.46. The minimum Gasteiger partial charge on any atom is -0.454 e. The van der Waals surface area contributed by atoms with Gasteiger partial charge in [-0.2, -0.15) is 0 Å². The predicted molar refractivity (Wildman–Crippen MR) is 99.1 cm³/mol. The molecule has 2 atom stereocenters. The molecule has 1 amide bonds. The smallest absolute Gasteiger partial charge is 0.335 e. The van der Waals surface area contributed by atoms with Crippen LogP contribution in [-0.4, -0.2) is 57.1 Å². The molecule has 1 aromatic rings. The van der Waals surface area contributed by atoms with Crippen LogP contribution in [0.1, 0.15) is 31.7 Å². The molecule has 1 aliphatic heterocycles. The summed E-state index contributed by atoms with van der Waals surface area (Å²) in [4.78, 5) is 23.5. The van der Waals surface area contributed by atoms with Gasteiger partial charge in [-0.3, -0.25) is 4.79 Å². The molecule has 1 fully saturated rings. The molecule has 0 aromatic heterocycles. The lowest BCUT2D eigenvalue weighted by Crippen LogP contribution is -2.33. The molecule has 27 heavy (non-hydrogen) atoms. The van der Waals surface area contributed by atoms with Crippen molar-refractivity contribution in [2.45, 2.75) is 45.0 Å². The van der Waals surface area contributed by atoms with Crippen molar-refractivity contribution in [1.29, 1.82) is 0 Å². The van der Waals surface area contributed by atoms with Crippen LogP contribution in [0.4, 0.5) is 0 Å². The third-order valence-corrected chi connectivity index (χ3v) is 4.13. The Morgan fingerprint density at radius 3 is 2.85 bits per heavy atom. The van der Waals surface area contributed by atoms with Crippen molar-refractivity contribution < 1.29 is 28.5 Å². The van der Waals surface area contributed by atoms with E-state index in [2.05, 4.69) is 5.32 Å². The summed E-state index contributed by atoms with van der Waals surface area (Å²) in [6, 6.07) is 9.90. The summed E-state index contributed by atoms with van der Waals surface area (Å²) in [5.74, 6) is -0.882. The summed E-state index contributed by atoms with van der Waals surface area (Å²) in [7, 11) is 0. The van der Waals surface area contributed by atoms with Crippen molar-refractivity contribution in [1.82, 2.24) is 5.32 Å². The summed E-state index contributed by atoms with van der Waals surface area (Å²) in [6.45, 7) is 3.97. The standard InChI is InChI=1S/C20H29NO6/c1-16(26-14-18-9-5-12-25-18)20(23)27-15-19(22)21-10-6-11-24-13-17-7-3-2-4-8-17/h2-4,7-8,16,18H,5-6,9-15H2,1H3,(H,21,22). The molecule has 2 unspecified atom stereocenters. The fraction of sp³-hybridized carbons (Fsp3) is 0.600. The Balaban J connectivity index is 1.45. The van der Waals surface area contributed by atoms with Crippen LogP contribution in [0, 0.1) is 0 Å². The highest BCUT2D eigenvalue weighted by Crippen LogP contribution is 2.12. The fourth-order valence-electron chi connectivity index (χ4n) is 2.57. The van der Waals surface area contributed by atoms with Crippen molar-refractivity contribution in [2.24, 2.45) is 0 Å². The number of hydrogen-bond acceptors (Lipinski definition) is 6. The van der Waals surface area contributed by atoms with Gasteiger partial charge in [0.2, 0.25) is 0 Å². The van der Waals surface area contributed by atoms with Gasteiger partial charge < -0.3 is 24.3 Å². The molecule has 150 valence electrons. The number of hydrogen-bond donors (Lipinski definition) is 1. The lowest BCUT2D eigenvalue weighted by molar-refractivity contribution is -0.160. The van der Waals surface area contributed by atoms with Gasteiger partial charge in [0.05, 0.1) is 19.3 Å². The molecule has 7 heteroatoms. The summed E-state index contributed by atoms with van der Waals surface area (Å²) in [6.07, 6.45) is 1.98. The number of rotatable bonds is 12. The zero-order valence-electron chi connectivity index (χ0n) is 15.9. The average molecular weight is 379 g/mol. The Morgan fingerprint density at radius 2 is 2.11 bits per heavy atom. The molecule has 1 saturated heterocycles. The first-order valence-electron chi connectivity index (χ1n) is 9.43. The molecule has 0 saturated carbocycles. The Kier molecular flexibility index (Phi) is 9.83. The molecule has 1 N–H and O–H groups in total. The molecule has 1 aliphatic rings. The maximum absolute atomic E-state index is 11.8. The molecule has 0 radical (unpaired) electrons. The highest BCUT2D eigenvalue weighted by molar-refractivity contribution is 5.81. The van der Waals surface area contributed by atoms with E-state index in [9.17, 15) is 9.59 Å². The zero-order chi connectivity index (χ0) is 19.3. The van der Waals surface area contributed by atoms with Crippen molar-refractivity contribution in [3.63, 3.8) is 0 Å². The summed E-state index contributed by atoms with van der Waals surface area (Å²) >= 11 is 0. The van der Waals surface area contributed by atoms with Gasteiger partial charge in [-0.1, -0.05) is 30.3 Å². The molecule has 2 rings (SSSR count). The Bertz CT molecular complexity index is 559. The predicted octanol–water partition coefficient (Wildman–Crippen LogP) is 1.84. The zero-order valence-corrected chi connectivity index (χ0v) is 15.9. The van der Waals surface area contributed by atoms with E-state index in [1.54, 1.807) is 6.92 Å². The number of nitrogens with one attached hydrogen (secondary N) is 1. The van der Waals surface area contributed by atoms with Crippen LogP contribution in [0.5, 0.6) is 0 Å². The number of benzene rings is 1. The van der Waals surface area contributed by atoms with Gasteiger partial charge in [-0.15, -0.1) is 0 Å². The van der Waals surface area contributed by atoms with Crippen molar-refractivity contribution in [3.8, 4) is 0 Å². The van der Waals surface area contributed by atoms with E-state index in [1.165, 1.54) is 0 Å². The third kappa shape index (κ3) is 8.99. The maximum Gasteiger partial charge on any atom is 0.335 e. The van der Waals surface area contributed by atoms with Crippen LogP contribution in [0.3, 0.4) is 0 Å². The topological polar surface area (TPSA) is 83.1 Å². The van der Waals surface area contributed by atoms with Gasteiger partial charge in [0, 0.05) is 19.8 Å². The highest BCUT2D eigenvalue weighted by atomic mass is 16.6. The van der Waals surface area contributed by atoms with Crippen LogP contribution in [0.25, 0.3) is 0 Å². The van der Waals surface area contributed by atoms with Gasteiger partial charge >= 0.3 is 5.97 Å². The summed E-state index contributed by atoms with van der Waals surface area (Å²) in [5, 5.41) is 2.70. The maximum atomic E-state index is 11.8. The van der Waals surface area contributed by atoms with Crippen LogP contribution in [0.15, 0.2) is 30.3 Å². The van der Waals surface area contributed by atoms with Gasteiger partial charge in [-0.05, 0) is 31.7 Å². The first-order valence-corrected chi connectivity index (χ1v) is 9.43. The molecule has 0 bridgehead atoms. The lowest BCUT2D eigenvalue weighted by Gasteiger charge is -2.15. The normalized spacial score (nSPS) is 17.4. The van der Waals surface area contributed by atoms with E-state index in [0.29, 0.717) is 32.8 Å². The Labute approximate surface area is 160 Å². The minimum atomic E-state index is -0.714. The van der Waals surface area contributed by atoms with E-state index < -0.39 is 12.1 Å². The van der Waals surface area contributed by atoms with Crippen molar-refractivity contribution in [2.75, 3.05) is 33.0 Å².